The van der Waals surface area contributed by atoms with Gasteiger partial charge in [0.1, 0.15) is 6.10 Å². The van der Waals surface area contributed by atoms with Crippen LogP contribution < -0.4 is 0 Å². The highest BCUT2D eigenvalue weighted by Crippen LogP contribution is 2.29. The van der Waals surface area contributed by atoms with E-state index in [1.54, 1.807) is 0 Å². The summed E-state index contributed by atoms with van der Waals surface area (Å²) in [5.74, 6) is -1.34. The molecule has 1 heterocycles. The lowest BCUT2D eigenvalue weighted by molar-refractivity contribution is -0.141. The van der Waals surface area contributed by atoms with Crippen molar-refractivity contribution in [1.82, 2.24) is 4.98 Å². The third-order valence-corrected chi connectivity index (χ3v) is 2.16. The molecule has 18 heavy (non-hydrogen) atoms. The van der Waals surface area contributed by atoms with Crippen molar-refractivity contribution in [2.24, 2.45) is 0 Å². The van der Waals surface area contributed by atoms with Crippen LogP contribution in [-0.4, -0.2) is 32.4 Å². The molecule has 2 unspecified atom stereocenters. The van der Waals surface area contributed by atoms with Crippen LogP contribution in [0.4, 0.5) is 13.2 Å². The Morgan fingerprint density at radius 1 is 1.33 bits per heavy atom. The lowest BCUT2D eigenvalue weighted by Crippen LogP contribution is -2.22. The molecule has 0 amide bonds. The van der Waals surface area contributed by atoms with Crippen molar-refractivity contribution in [1.29, 1.82) is 0 Å². The molecular formula is C10H10F3NO4. The van der Waals surface area contributed by atoms with Crippen LogP contribution in [0, 0.1) is 0 Å². The second kappa shape index (κ2) is 5.32. The number of aromatic nitrogens is 1. The molecule has 100 valence electrons. The van der Waals surface area contributed by atoms with Crippen molar-refractivity contribution in [3.63, 3.8) is 0 Å². The first-order valence-corrected chi connectivity index (χ1v) is 4.83. The first kappa shape index (κ1) is 14.4. The molecule has 0 aliphatic heterocycles. The highest BCUT2D eigenvalue weighted by atomic mass is 19.4. The number of carboxylic acids is 1. The van der Waals surface area contributed by atoms with Crippen molar-refractivity contribution in [2.45, 2.75) is 24.8 Å². The summed E-state index contributed by atoms with van der Waals surface area (Å²) in [4.78, 5) is 13.6. The molecule has 0 saturated carbocycles. The van der Waals surface area contributed by atoms with Crippen molar-refractivity contribution in [3.05, 3.63) is 29.6 Å². The summed E-state index contributed by atoms with van der Waals surface area (Å²) < 4.78 is 36.7. The summed E-state index contributed by atoms with van der Waals surface area (Å²) in [6.45, 7) is 0. The first-order valence-electron chi connectivity index (χ1n) is 4.83. The molecule has 0 aliphatic rings. The number of carboxylic acid groups (broad SMARTS) is 1. The molecule has 0 fully saturated rings. The van der Waals surface area contributed by atoms with E-state index in [0.717, 1.165) is 6.07 Å². The van der Waals surface area contributed by atoms with E-state index in [0.29, 0.717) is 12.3 Å². The van der Waals surface area contributed by atoms with Crippen LogP contribution in [0.15, 0.2) is 18.3 Å². The molecule has 1 aromatic rings. The lowest BCUT2D eigenvalue weighted by Gasteiger charge is -2.16. The van der Waals surface area contributed by atoms with E-state index in [1.165, 1.54) is 0 Å². The molecule has 0 saturated heterocycles. The number of rotatable bonds is 4. The number of halogens is 3. The fourth-order valence-corrected chi connectivity index (χ4v) is 1.24. The average molecular weight is 265 g/mol. The van der Waals surface area contributed by atoms with Crippen LogP contribution in [0.25, 0.3) is 0 Å². The van der Waals surface area contributed by atoms with Crippen LogP contribution in [0.5, 0.6) is 0 Å². The molecular weight excluding hydrogens is 255 g/mol. The Morgan fingerprint density at radius 2 is 1.94 bits per heavy atom. The van der Waals surface area contributed by atoms with Crippen LogP contribution in [0.2, 0.25) is 0 Å². The highest BCUT2D eigenvalue weighted by molar-refractivity contribution is 5.67. The van der Waals surface area contributed by atoms with Gasteiger partial charge >= 0.3 is 12.1 Å². The zero-order chi connectivity index (χ0) is 13.9. The van der Waals surface area contributed by atoms with E-state index in [-0.39, 0.29) is 5.69 Å². The largest absolute Gasteiger partial charge is 0.481 e. The van der Waals surface area contributed by atoms with Crippen molar-refractivity contribution in [2.75, 3.05) is 0 Å². The molecule has 0 radical (unpaired) electrons. The number of alkyl halides is 3. The van der Waals surface area contributed by atoms with Gasteiger partial charge in [-0.25, -0.2) is 0 Å². The lowest BCUT2D eigenvalue weighted by atomic mass is 10.1. The van der Waals surface area contributed by atoms with Gasteiger partial charge in [-0.05, 0) is 12.1 Å². The zero-order valence-electron chi connectivity index (χ0n) is 8.92. The minimum atomic E-state index is -4.55. The molecule has 5 nitrogen and oxygen atoms in total. The summed E-state index contributed by atoms with van der Waals surface area (Å²) in [5.41, 5.74) is -1.22. The molecule has 1 rings (SSSR count). The summed E-state index contributed by atoms with van der Waals surface area (Å²) in [7, 11) is 0. The second-order valence-electron chi connectivity index (χ2n) is 3.58. The van der Waals surface area contributed by atoms with Gasteiger partial charge < -0.3 is 15.3 Å². The van der Waals surface area contributed by atoms with Gasteiger partial charge in [-0.15, -0.1) is 0 Å². The Bertz CT molecular complexity index is 418. The smallest absolute Gasteiger partial charge is 0.417 e. The number of nitrogens with zero attached hydrogens (tertiary/aromatic N) is 1. The summed E-state index contributed by atoms with van der Waals surface area (Å²) in [5, 5.41) is 27.1. The normalized spacial score (nSPS) is 15.2. The number of carbonyl (C=O) groups is 1. The number of aliphatic hydroxyl groups excluding tert-OH is 2. The van der Waals surface area contributed by atoms with Gasteiger partial charge in [0.15, 0.2) is 0 Å². The standard InChI is InChI=1S/C10H10F3NO4/c11-10(12,13)5-1-2-6(14-4-5)9(18)7(15)3-8(16)17/h1-2,4,7,9,15,18H,3H2,(H,16,17). The number of hydrogen-bond donors (Lipinski definition) is 3. The maximum atomic E-state index is 12.2. The number of pyridine rings is 1. The number of aliphatic carboxylic acids is 1. The highest BCUT2D eigenvalue weighted by Gasteiger charge is 2.31. The van der Waals surface area contributed by atoms with Crippen molar-refractivity contribution < 1.29 is 33.3 Å². The molecule has 0 bridgehead atoms. The molecule has 3 N–H and O–H groups in total. The van der Waals surface area contributed by atoms with E-state index >= 15 is 0 Å². The van der Waals surface area contributed by atoms with Crippen LogP contribution in [0.1, 0.15) is 23.8 Å². The Balaban J connectivity index is 2.82. The summed E-state index contributed by atoms with van der Waals surface area (Å²) in [6.07, 6.45) is -8.05. The fourth-order valence-electron chi connectivity index (χ4n) is 1.24. The Labute approximate surface area is 99.5 Å². The van der Waals surface area contributed by atoms with E-state index in [2.05, 4.69) is 4.98 Å². The van der Waals surface area contributed by atoms with E-state index < -0.39 is 36.3 Å². The maximum absolute atomic E-state index is 12.2. The van der Waals surface area contributed by atoms with Crippen LogP contribution >= 0.6 is 0 Å². The Morgan fingerprint density at radius 3 is 2.33 bits per heavy atom. The Hall–Kier alpha value is -1.67. The molecule has 1 aromatic heterocycles. The zero-order valence-corrected chi connectivity index (χ0v) is 8.92. The van der Waals surface area contributed by atoms with Gasteiger partial charge in [0.2, 0.25) is 0 Å². The summed E-state index contributed by atoms with van der Waals surface area (Å²) in [6, 6.07) is 1.58. The van der Waals surface area contributed by atoms with E-state index in [9.17, 15) is 28.2 Å². The Kier molecular flexibility index (Phi) is 4.25. The average Bonchev–Trinajstić information content (AvgIpc) is 2.26. The van der Waals surface area contributed by atoms with E-state index in [1.807, 2.05) is 0 Å². The van der Waals surface area contributed by atoms with Gasteiger partial charge in [-0.1, -0.05) is 0 Å². The van der Waals surface area contributed by atoms with Crippen molar-refractivity contribution >= 4 is 5.97 Å². The van der Waals surface area contributed by atoms with Gasteiger partial charge in [-0.3, -0.25) is 9.78 Å². The SMILES string of the molecule is O=C(O)CC(O)C(O)c1ccc(C(F)(F)F)cn1. The number of aliphatic hydroxyl groups is 2. The molecule has 0 aromatic carbocycles. The van der Waals surface area contributed by atoms with Crippen molar-refractivity contribution in [3.8, 4) is 0 Å². The minimum Gasteiger partial charge on any atom is -0.481 e. The van der Waals surface area contributed by atoms with Crippen LogP contribution in [-0.2, 0) is 11.0 Å². The third-order valence-electron chi connectivity index (χ3n) is 2.16. The molecule has 0 aliphatic carbocycles. The summed E-state index contributed by atoms with van der Waals surface area (Å²) >= 11 is 0. The molecule has 0 spiro atoms. The fraction of sp³-hybridized carbons (Fsp3) is 0.400. The van der Waals surface area contributed by atoms with Gasteiger partial charge in [0, 0.05) is 6.20 Å². The first-order chi connectivity index (χ1) is 8.21. The number of hydrogen-bond acceptors (Lipinski definition) is 4. The van der Waals surface area contributed by atoms with Crippen LogP contribution in [0.3, 0.4) is 0 Å². The topological polar surface area (TPSA) is 90.7 Å². The second-order valence-corrected chi connectivity index (χ2v) is 3.58. The third kappa shape index (κ3) is 3.67. The predicted molar refractivity (Wildman–Crippen MR) is 52.5 cm³/mol. The minimum absolute atomic E-state index is 0.225. The van der Waals surface area contributed by atoms with E-state index in [4.69, 9.17) is 5.11 Å². The predicted octanol–water partition coefficient (Wildman–Crippen LogP) is 0.969. The monoisotopic (exact) mass is 265 g/mol. The molecule has 8 heteroatoms. The van der Waals surface area contributed by atoms with Gasteiger partial charge in [-0.2, -0.15) is 13.2 Å². The van der Waals surface area contributed by atoms with Gasteiger partial charge in [0.05, 0.1) is 23.8 Å². The molecule has 2 atom stereocenters. The quantitative estimate of drug-likeness (QED) is 0.754. The van der Waals surface area contributed by atoms with Gasteiger partial charge in [0.25, 0.3) is 0 Å². The maximum Gasteiger partial charge on any atom is 0.417 e.